The first-order valence-corrected chi connectivity index (χ1v) is 10.5. The van der Waals surface area contributed by atoms with Crippen molar-refractivity contribution in [1.82, 2.24) is 14.5 Å². The quantitative estimate of drug-likeness (QED) is 0.641. The SMILES string of the molecule is Cn1cc(C(=O)Nc2cc(Cl)cc(S(C)(=O)=O)c2)cc1-c1ncc(C(F)(F)F)cn1. The zero-order valence-electron chi connectivity index (χ0n) is 15.5. The molecule has 0 aliphatic rings. The number of sulfone groups is 1. The van der Waals surface area contributed by atoms with Gasteiger partial charge in [0.15, 0.2) is 15.7 Å². The lowest BCUT2D eigenvalue weighted by Crippen LogP contribution is -2.11. The van der Waals surface area contributed by atoms with Crippen LogP contribution in [0.15, 0.2) is 47.8 Å². The Morgan fingerprint density at radius 3 is 2.33 bits per heavy atom. The summed E-state index contributed by atoms with van der Waals surface area (Å²) in [5, 5.41) is 2.67. The van der Waals surface area contributed by atoms with Gasteiger partial charge in [0, 0.05) is 42.6 Å². The van der Waals surface area contributed by atoms with Gasteiger partial charge in [-0.2, -0.15) is 13.2 Å². The molecule has 0 atom stereocenters. The second-order valence-electron chi connectivity index (χ2n) is 6.42. The summed E-state index contributed by atoms with van der Waals surface area (Å²) in [5.74, 6) is -0.572. The van der Waals surface area contributed by atoms with Crippen molar-refractivity contribution in [3.8, 4) is 11.5 Å². The monoisotopic (exact) mass is 458 g/mol. The zero-order chi connectivity index (χ0) is 22.3. The van der Waals surface area contributed by atoms with E-state index in [9.17, 15) is 26.4 Å². The molecule has 2 heterocycles. The number of benzene rings is 1. The molecule has 3 rings (SSSR count). The summed E-state index contributed by atoms with van der Waals surface area (Å²) in [6.07, 6.45) is -0.785. The predicted molar refractivity (Wildman–Crippen MR) is 104 cm³/mol. The van der Waals surface area contributed by atoms with E-state index in [-0.39, 0.29) is 27.0 Å². The molecule has 1 amide bonds. The van der Waals surface area contributed by atoms with Gasteiger partial charge in [0.2, 0.25) is 0 Å². The first kappa shape index (κ1) is 21.8. The van der Waals surface area contributed by atoms with Crippen molar-refractivity contribution in [2.45, 2.75) is 11.1 Å². The van der Waals surface area contributed by atoms with E-state index in [0.29, 0.717) is 18.1 Å². The van der Waals surface area contributed by atoms with Crippen LogP contribution in [0.25, 0.3) is 11.5 Å². The highest BCUT2D eigenvalue weighted by molar-refractivity contribution is 7.90. The van der Waals surface area contributed by atoms with Crippen molar-refractivity contribution in [1.29, 1.82) is 0 Å². The van der Waals surface area contributed by atoms with Gasteiger partial charge in [-0.1, -0.05) is 11.6 Å². The molecule has 7 nitrogen and oxygen atoms in total. The normalized spacial score (nSPS) is 12.1. The van der Waals surface area contributed by atoms with Crippen LogP contribution in [-0.4, -0.2) is 35.1 Å². The van der Waals surface area contributed by atoms with Gasteiger partial charge >= 0.3 is 6.18 Å². The van der Waals surface area contributed by atoms with Crippen LogP contribution in [0, 0.1) is 0 Å². The maximum atomic E-state index is 12.7. The second-order valence-corrected chi connectivity index (χ2v) is 8.87. The number of carbonyl (C=O) groups excluding carboxylic acids is 1. The van der Waals surface area contributed by atoms with Crippen LogP contribution in [0.1, 0.15) is 15.9 Å². The average Bonchev–Trinajstić information content (AvgIpc) is 3.02. The maximum Gasteiger partial charge on any atom is 0.419 e. The Morgan fingerprint density at radius 2 is 1.77 bits per heavy atom. The van der Waals surface area contributed by atoms with Gasteiger partial charge in [0.25, 0.3) is 5.91 Å². The van der Waals surface area contributed by atoms with E-state index < -0.39 is 27.5 Å². The summed E-state index contributed by atoms with van der Waals surface area (Å²) in [6.45, 7) is 0. The molecule has 3 aromatic rings. The molecule has 0 saturated heterocycles. The fourth-order valence-electron chi connectivity index (χ4n) is 2.57. The molecule has 2 aromatic heterocycles. The van der Waals surface area contributed by atoms with Gasteiger partial charge in [0.1, 0.15) is 0 Å². The number of amides is 1. The summed E-state index contributed by atoms with van der Waals surface area (Å²) < 4.78 is 62.9. The summed E-state index contributed by atoms with van der Waals surface area (Å²) in [4.78, 5) is 19.9. The molecule has 1 aromatic carbocycles. The van der Waals surface area contributed by atoms with Crippen molar-refractivity contribution in [3.63, 3.8) is 0 Å². The number of alkyl halides is 3. The Labute approximate surface area is 174 Å². The average molecular weight is 459 g/mol. The van der Waals surface area contributed by atoms with Crippen LogP contribution in [0.5, 0.6) is 0 Å². The first-order chi connectivity index (χ1) is 13.8. The van der Waals surface area contributed by atoms with E-state index >= 15 is 0 Å². The lowest BCUT2D eigenvalue weighted by atomic mass is 10.2. The molecule has 0 spiro atoms. The zero-order valence-corrected chi connectivity index (χ0v) is 17.1. The summed E-state index contributed by atoms with van der Waals surface area (Å²) in [5.41, 5.74) is -0.334. The minimum Gasteiger partial charge on any atom is -0.347 e. The molecule has 158 valence electrons. The largest absolute Gasteiger partial charge is 0.419 e. The van der Waals surface area contributed by atoms with E-state index in [0.717, 1.165) is 6.26 Å². The van der Waals surface area contributed by atoms with Crippen LogP contribution in [0.3, 0.4) is 0 Å². The van der Waals surface area contributed by atoms with E-state index in [1.165, 1.54) is 35.0 Å². The molecule has 0 unspecified atom stereocenters. The molecule has 12 heteroatoms. The highest BCUT2D eigenvalue weighted by atomic mass is 35.5. The van der Waals surface area contributed by atoms with Crippen molar-refractivity contribution < 1.29 is 26.4 Å². The first-order valence-electron chi connectivity index (χ1n) is 8.22. The number of aromatic nitrogens is 3. The minimum atomic E-state index is -4.56. The molecule has 30 heavy (non-hydrogen) atoms. The topological polar surface area (TPSA) is 94.0 Å². The Hall–Kier alpha value is -2.92. The molecule has 0 aliphatic carbocycles. The lowest BCUT2D eigenvalue weighted by molar-refractivity contribution is -0.138. The summed E-state index contributed by atoms with van der Waals surface area (Å²) >= 11 is 5.92. The highest BCUT2D eigenvalue weighted by Crippen LogP contribution is 2.29. The predicted octanol–water partition coefficient (Wildman–Crippen LogP) is 3.81. The molecule has 0 saturated carbocycles. The Morgan fingerprint density at radius 1 is 1.13 bits per heavy atom. The van der Waals surface area contributed by atoms with Crippen molar-refractivity contribution >= 4 is 33.0 Å². The van der Waals surface area contributed by atoms with Gasteiger partial charge < -0.3 is 9.88 Å². The number of hydrogen-bond donors (Lipinski definition) is 1. The Bertz CT molecular complexity index is 1220. The third-order valence-corrected chi connectivity index (χ3v) is 5.34. The number of hydrogen-bond acceptors (Lipinski definition) is 5. The summed E-state index contributed by atoms with van der Waals surface area (Å²) in [6, 6.07) is 5.31. The molecule has 0 bridgehead atoms. The van der Waals surface area contributed by atoms with Crippen molar-refractivity contribution in [2.24, 2.45) is 7.05 Å². The smallest absolute Gasteiger partial charge is 0.347 e. The van der Waals surface area contributed by atoms with Gasteiger partial charge in [-0.05, 0) is 24.3 Å². The van der Waals surface area contributed by atoms with Crippen LogP contribution >= 0.6 is 11.6 Å². The van der Waals surface area contributed by atoms with Gasteiger partial charge in [-0.15, -0.1) is 0 Å². The van der Waals surface area contributed by atoms with Crippen molar-refractivity contribution in [2.75, 3.05) is 11.6 Å². The minimum absolute atomic E-state index is 0.00617. The van der Waals surface area contributed by atoms with Gasteiger partial charge in [-0.25, -0.2) is 18.4 Å². The van der Waals surface area contributed by atoms with E-state index in [1.54, 1.807) is 7.05 Å². The lowest BCUT2D eigenvalue weighted by Gasteiger charge is -2.07. The number of aryl methyl sites for hydroxylation is 1. The highest BCUT2D eigenvalue weighted by Gasteiger charge is 2.31. The fraction of sp³-hybridized carbons (Fsp3) is 0.167. The number of carbonyl (C=O) groups is 1. The van der Waals surface area contributed by atoms with E-state index in [1.807, 2.05) is 0 Å². The maximum absolute atomic E-state index is 12.7. The van der Waals surface area contributed by atoms with Crippen LogP contribution in [0.2, 0.25) is 5.02 Å². The third-order valence-electron chi connectivity index (χ3n) is 4.03. The van der Waals surface area contributed by atoms with E-state index in [2.05, 4.69) is 15.3 Å². The van der Waals surface area contributed by atoms with Crippen LogP contribution in [0.4, 0.5) is 18.9 Å². The molecular formula is C18H14ClF3N4O3S. The number of nitrogens with zero attached hydrogens (tertiary/aromatic N) is 3. The second kappa shape index (κ2) is 7.73. The van der Waals surface area contributed by atoms with Crippen LogP contribution < -0.4 is 5.32 Å². The number of halogens is 4. The van der Waals surface area contributed by atoms with E-state index in [4.69, 9.17) is 11.6 Å². The summed E-state index contributed by atoms with van der Waals surface area (Å²) in [7, 11) is -1.96. The molecule has 0 radical (unpaired) electrons. The molecule has 1 N–H and O–H groups in total. The third kappa shape index (κ3) is 4.79. The fourth-order valence-corrected chi connectivity index (χ4v) is 3.55. The number of anilines is 1. The van der Waals surface area contributed by atoms with Crippen molar-refractivity contribution in [3.05, 3.63) is 59.0 Å². The number of rotatable bonds is 4. The molecule has 0 aliphatic heterocycles. The molecular weight excluding hydrogens is 445 g/mol. The Kier molecular flexibility index (Phi) is 5.61. The number of nitrogens with one attached hydrogen (secondary N) is 1. The van der Waals surface area contributed by atoms with Gasteiger partial charge in [-0.3, -0.25) is 4.79 Å². The molecule has 0 fully saturated rings. The standard InChI is InChI=1S/C18H14ClF3N4O3S/c1-26-9-10(3-15(26)16-23-7-11(8-24-16)18(20,21)22)17(27)25-13-4-12(19)5-14(6-13)30(2,28)29/h3-9H,1-2H3,(H,25,27). The van der Waals surface area contributed by atoms with Gasteiger partial charge in [0.05, 0.1) is 21.7 Å². The Balaban J connectivity index is 1.87. The van der Waals surface area contributed by atoms with Crippen LogP contribution in [-0.2, 0) is 23.1 Å².